The largest absolute Gasteiger partial charge is 0.309 e. The van der Waals surface area contributed by atoms with Gasteiger partial charge in [-0.15, -0.1) is 0 Å². The molecule has 0 aromatic heterocycles. The first kappa shape index (κ1) is 39.1. The van der Waals surface area contributed by atoms with Crippen LogP contribution in [0.5, 0.6) is 0 Å². The first-order chi connectivity index (χ1) is 32.8. The highest BCUT2D eigenvalue weighted by atomic mass is 15.1. The predicted octanol–water partition coefficient (Wildman–Crippen LogP) is 17.3. The van der Waals surface area contributed by atoms with Crippen molar-refractivity contribution in [1.29, 1.82) is 0 Å². The summed E-state index contributed by atoms with van der Waals surface area (Å²) in [5.41, 5.74) is 19.9. The van der Waals surface area contributed by atoms with Crippen LogP contribution in [0.2, 0.25) is 0 Å². The summed E-state index contributed by atoms with van der Waals surface area (Å²) in [6.07, 6.45) is 0. The second-order valence-corrected chi connectivity index (χ2v) is 17.2. The van der Waals surface area contributed by atoms with E-state index < -0.39 is 5.41 Å². The number of benzene rings is 11. The topological polar surface area (TPSA) is 3.24 Å². The van der Waals surface area contributed by atoms with Gasteiger partial charge in [0.15, 0.2) is 0 Å². The Bertz CT molecular complexity index is 3460. The van der Waals surface area contributed by atoms with Gasteiger partial charge in [-0.2, -0.15) is 0 Å². The maximum atomic E-state index is 2.50. The SMILES string of the molecule is c1ccc(-c2cccc(-c3ccc(N(c4ccccc4-c4ccc(-c5cccc6ccccc56)cc4)c4cccc5c4-c4ccccc4C5(c4ccccc4)c4ccccc4)cc3)c2)cc1. The van der Waals surface area contributed by atoms with Crippen LogP contribution in [-0.4, -0.2) is 0 Å². The number of hydrogen-bond donors (Lipinski definition) is 0. The second-order valence-electron chi connectivity index (χ2n) is 17.2. The molecule has 66 heavy (non-hydrogen) atoms. The molecule has 0 heterocycles. The van der Waals surface area contributed by atoms with E-state index in [9.17, 15) is 0 Å². The highest BCUT2D eigenvalue weighted by molar-refractivity contribution is 6.00. The third-order valence-corrected chi connectivity index (χ3v) is 13.6. The highest BCUT2D eigenvalue weighted by Crippen LogP contribution is 2.60. The summed E-state index contributed by atoms with van der Waals surface area (Å²) < 4.78 is 0. The van der Waals surface area contributed by atoms with E-state index in [-0.39, 0.29) is 0 Å². The van der Waals surface area contributed by atoms with E-state index in [2.05, 4.69) is 278 Å². The summed E-state index contributed by atoms with van der Waals surface area (Å²) in [4.78, 5) is 2.50. The van der Waals surface area contributed by atoms with Crippen LogP contribution in [0.4, 0.5) is 17.1 Å². The number of nitrogens with zero attached hydrogens (tertiary/aromatic N) is 1. The summed E-state index contributed by atoms with van der Waals surface area (Å²) in [5.74, 6) is 0. The van der Waals surface area contributed by atoms with Crippen molar-refractivity contribution in [1.82, 2.24) is 0 Å². The molecule has 1 aliphatic carbocycles. The van der Waals surface area contributed by atoms with Gasteiger partial charge in [0.2, 0.25) is 0 Å². The predicted molar refractivity (Wildman–Crippen MR) is 278 cm³/mol. The first-order valence-corrected chi connectivity index (χ1v) is 22.8. The fourth-order valence-corrected chi connectivity index (χ4v) is 10.6. The zero-order chi connectivity index (χ0) is 43.9. The van der Waals surface area contributed by atoms with Crippen LogP contribution in [-0.2, 0) is 5.41 Å². The Balaban J connectivity index is 1.06. The average molecular weight is 840 g/mol. The molecule has 11 aromatic carbocycles. The van der Waals surface area contributed by atoms with Gasteiger partial charge in [-0.1, -0.05) is 243 Å². The quantitative estimate of drug-likeness (QED) is 0.140. The molecule has 1 nitrogen and oxygen atoms in total. The zero-order valence-electron chi connectivity index (χ0n) is 36.4. The van der Waals surface area contributed by atoms with Crippen molar-refractivity contribution in [2.45, 2.75) is 5.41 Å². The van der Waals surface area contributed by atoms with Crippen molar-refractivity contribution in [3.05, 3.63) is 295 Å². The zero-order valence-corrected chi connectivity index (χ0v) is 36.4. The van der Waals surface area contributed by atoms with Gasteiger partial charge in [0.1, 0.15) is 0 Å². The lowest BCUT2D eigenvalue weighted by atomic mass is 9.68. The third-order valence-electron chi connectivity index (χ3n) is 13.6. The molecule has 0 N–H and O–H groups in total. The molecule has 0 bridgehead atoms. The van der Waals surface area contributed by atoms with E-state index in [4.69, 9.17) is 0 Å². The normalized spacial score (nSPS) is 12.4. The fraction of sp³-hybridized carbons (Fsp3) is 0.0154. The smallest absolute Gasteiger partial charge is 0.0714 e. The number of para-hydroxylation sites is 1. The van der Waals surface area contributed by atoms with E-state index in [0.717, 1.165) is 28.2 Å². The summed E-state index contributed by atoms with van der Waals surface area (Å²) in [6, 6.07) is 100. The van der Waals surface area contributed by atoms with Crippen molar-refractivity contribution in [2.24, 2.45) is 0 Å². The molecule has 0 unspecified atom stereocenters. The second kappa shape index (κ2) is 16.6. The number of rotatable bonds is 9. The molecule has 1 aliphatic rings. The van der Waals surface area contributed by atoms with Crippen LogP contribution in [0.1, 0.15) is 22.3 Å². The molecule has 12 rings (SSSR count). The molecule has 0 atom stereocenters. The Morgan fingerprint density at radius 1 is 0.273 bits per heavy atom. The van der Waals surface area contributed by atoms with Crippen molar-refractivity contribution in [3.63, 3.8) is 0 Å². The van der Waals surface area contributed by atoms with Gasteiger partial charge in [0.05, 0.1) is 16.8 Å². The van der Waals surface area contributed by atoms with E-state index in [0.29, 0.717) is 0 Å². The van der Waals surface area contributed by atoms with Gasteiger partial charge in [0.25, 0.3) is 0 Å². The molecule has 0 radical (unpaired) electrons. The lowest BCUT2D eigenvalue weighted by Crippen LogP contribution is -2.28. The van der Waals surface area contributed by atoms with Gasteiger partial charge >= 0.3 is 0 Å². The van der Waals surface area contributed by atoms with Crippen LogP contribution in [0, 0.1) is 0 Å². The molecule has 0 spiro atoms. The molecular formula is C65H45N. The van der Waals surface area contributed by atoms with Crippen LogP contribution in [0.15, 0.2) is 273 Å². The first-order valence-electron chi connectivity index (χ1n) is 22.8. The monoisotopic (exact) mass is 839 g/mol. The molecule has 0 saturated carbocycles. The molecule has 11 aromatic rings. The van der Waals surface area contributed by atoms with Crippen LogP contribution < -0.4 is 4.90 Å². The van der Waals surface area contributed by atoms with Gasteiger partial charge in [-0.3, -0.25) is 0 Å². The summed E-state index contributed by atoms with van der Waals surface area (Å²) in [5, 5.41) is 2.50. The molecule has 0 saturated heterocycles. The fourth-order valence-electron chi connectivity index (χ4n) is 10.6. The molecule has 0 fully saturated rings. The molecule has 1 heteroatoms. The Morgan fingerprint density at radius 2 is 0.727 bits per heavy atom. The van der Waals surface area contributed by atoms with Crippen LogP contribution in [0.25, 0.3) is 66.4 Å². The Labute approximate surface area is 387 Å². The van der Waals surface area contributed by atoms with Crippen molar-refractivity contribution >= 4 is 27.8 Å². The molecule has 310 valence electrons. The molecule has 0 aliphatic heterocycles. The molecular weight excluding hydrogens is 795 g/mol. The van der Waals surface area contributed by atoms with Crippen LogP contribution in [0.3, 0.4) is 0 Å². The maximum absolute atomic E-state index is 2.50. The highest BCUT2D eigenvalue weighted by Gasteiger charge is 2.47. The van der Waals surface area contributed by atoms with E-state index >= 15 is 0 Å². The van der Waals surface area contributed by atoms with E-state index in [1.165, 1.54) is 77.5 Å². The average Bonchev–Trinajstić information content (AvgIpc) is 3.71. The summed E-state index contributed by atoms with van der Waals surface area (Å²) >= 11 is 0. The van der Waals surface area contributed by atoms with Crippen molar-refractivity contribution in [2.75, 3.05) is 4.90 Å². The minimum atomic E-state index is -0.527. The lowest BCUT2D eigenvalue weighted by Gasteiger charge is -2.34. The van der Waals surface area contributed by atoms with E-state index in [1.54, 1.807) is 0 Å². The summed E-state index contributed by atoms with van der Waals surface area (Å²) in [7, 11) is 0. The van der Waals surface area contributed by atoms with E-state index in [1.807, 2.05) is 0 Å². The number of hydrogen-bond acceptors (Lipinski definition) is 1. The minimum absolute atomic E-state index is 0.527. The number of anilines is 3. The van der Waals surface area contributed by atoms with Gasteiger partial charge < -0.3 is 4.90 Å². The lowest BCUT2D eigenvalue weighted by molar-refractivity contribution is 0.768. The van der Waals surface area contributed by atoms with Crippen molar-refractivity contribution in [3.8, 4) is 55.6 Å². The third kappa shape index (κ3) is 6.56. The van der Waals surface area contributed by atoms with Gasteiger partial charge in [-0.05, 0) is 108 Å². The standard InChI is InChI=1S/C65H45N/c1-4-19-46(20-5-1)51-23-16-24-52(45-51)47-41-43-55(44-42-47)66(62-35-15-13-30-58(62)50-39-37-49(38-40-50)57-32-17-22-48-21-10-11-29-56(48)57)63-36-18-34-61-64(63)59-31-12-14-33-60(59)65(61,53-25-6-2-7-26-53)54-27-8-3-9-28-54/h1-45H. The van der Waals surface area contributed by atoms with Gasteiger partial charge in [-0.25, -0.2) is 0 Å². The Kier molecular flexibility index (Phi) is 9.81. The van der Waals surface area contributed by atoms with Gasteiger partial charge in [0, 0.05) is 16.8 Å². The Hall–Kier alpha value is -8.52. The van der Waals surface area contributed by atoms with Crippen LogP contribution >= 0.6 is 0 Å². The minimum Gasteiger partial charge on any atom is -0.309 e. The summed E-state index contributed by atoms with van der Waals surface area (Å²) in [6.45, 7) is 0. The molecule has 0 amide bonds. The van der Waals surface area contributed by atoms with Crippen molar-refractivity contribution < 1.29 is 0 Å². The Morgan fingerprint density at radius 3 is 1.44 bits per heavy atom. The maximum Gasteiger partial charge on any atom is 0.0714 e. The number of fused-ring (bicyclic) bond motifs is 4.